The molecule has 14 heteroatoms. The van der Waals surface area contributed by atoms with Crippen LogP contribution >= 0.6 is 0 Å². The summed E-state index contributed by atoms with van der Waals surface area (Å²) in [6.45, 7) is 0.222. The molecule has 1 unspecified atom stereocenters. The average molecular weight is 545 g/mol. The van der Waals surface area contributed by atoms with Gasteiger partial charge >= 0.3 is 6.03 Å². The zero-order valence-corrected chi connectivity index (χ0v) is 21.6. The van der Waals surface area contributed by atoms with Crippen molar-refractivity contribution >= 4 is 17.6 Å². The molecule has 2 saturated carbocycles. The number of nitrogens with zero attached hydrogens (tertiary/aromatic N) is 6. The van der Waals surface area contributed by atoms with Crippen LogP contribution in [0.25, 0.3) is 5.65 Å². The number of nitrogens with one attached hydrogen (secondary N) is 2. The lowest BCUT2D eigenvalue weighted by Gasteiger charge is -2.38. The first kappa shape index (κ1) is 25.6. The van der Waals surface area contributed by atoms with E-state index in [1.807, 2.05) is 0 Å². The fraction of sp³-hybridized carbons (Fsp3) is 0.600. The van der Waals surface area contributed by atoms with Crippen LogP contribution in [0.15, 0.2) is 23.1 Å². The van der Waals surface area contributed by atoms with Crippen molar-refractivity contribution in [3.8, 4) is 0 Å². The first-order chi connectivity index (χ1) is 18.7. The highest BCUT2D eigenvalue weighted by atomic mass is 19.3. The SMILES string of the molecule is COC[C@H](c1cnn2cc([C@@H](NC(=O)c3nonc3C)C3C[C@H]4CC[C@H]4C3)nc2c1)N1CC(F)(F)CNC1=O. The summed E-state index contributed by atoms with van der Waals surface area (Å²) in [6.07, 6.45) is 7.68. The number of fused-ring (bicyclic) bond motifs is 2. The molecule has 2 N–H and O–H groups in total. The molecule has 3 aromatic rings. The molecule has 39 heavy (non-hydrogen) atoms. The largest absolute Gasteiger partial charge is 0.382 e. The van der Waals surface area contributed by atoms with Gasteiger partial charge in [0, 0.05) is 12.7 Å². The molecule has 12 nitrogen and oxygen atoms in total. The predicted molar refractivity (Wildman–Crippen MR) is 131 cm³/mol. The van der Waals surface area contributed by atoms with Crippen molar-refractivity contribution in [2.75, 3.05) is 26.8 Å². The van der Waals surface area contributed by atoms with Crippen LogP contribution in [0.4, 0.5) is 13.6 Å². The number of aryl methyl sites for hydroxylation is 1. The van der Waals surface area contributed by atoms with Gasteiger partial charge in [-0.1, -0.05) is 5.16 Å². The van der Waals surface area contributed by atoms with Crippen LogP contribution in [-0.2, 0) is 4.74 Å². The highest BCUT2D eigenvalue weighted by Gasteiger charge is 2.45. The fourth-order valence-corrected chi connectivity index (χ4v) is 6.19. The monoisotopic (exact) mass is 544 g/mol. The minimum absolute atomic E-state index is 0.00351. The minimum Gasteiger partial charge on any atom is -0.382 e. The van der Waals surface area contributed by atoms with Crippen molar-refractivity contribution in [1.82, 2.24) is 40.4 Å². The van der Waals surface area contributed by atoms with Crippen LogP contribution in [0.1, 0.15) is 65.2 Å². The summed E-state index contributed by atoms with van der Waals surface area (Å²) in [7, 11) is 1.45. The maximum Gasteiger partial charge on any atom is 0.318 e. The van der Waals surface area contributed by atoms with E-state index in [1.165, 1.54) is 26.1 Å². The Morgan fingerprint density at radius 2 is 2.08 bits per heavy atom. The highest BCUT2D eigenvalue weighted by Crippen LogP contribution is 2.52. The van der Waals surface area contributed by atoms with Crippen molar-refractivity contribution in [3.63, 3.8) is 0 Å². The van der Waals surface area contributed by atoms with Gasteiger partial charge in [-0.05, 0) is 61.6 Å². The van der Waals surface area contributed by atoms with E-state index >= 15 is 0 Å². The summed E-state index contributed by atoms with van der Waals surface area (Å²) >= 11 is 0. The van der Waals surface area contributed by atoms with Crippen molar-refractivity contribution in [2.24, 2.45) is 17.8 Å². The van der Waals surface area contributed by atoms with Gasteiger partial charge in [-0.15, -0.1) is 0 Å². The summed E-state index contributed by atoms with van der Waals surface area (Å²) in [6, 6.07) is -0.0559. The first-order valence-electron chi connectivity index (χ1n) is 13.1. The molecule has 6 rings (SSSR count). The van der Waals surface area contributed by atoms with E-state index in [2.05, 4.69) is 26.0 Å². The number of amides is 3. The Morgan fingerprint density at radius 3 is 2.74 bits per heavy atom. The molecule has 3 fully saturated rings. The molecule has 2 aliphatic carbocycles. The molecule has 3 aliphatic rings. The van der Waals surface area contributed by atoms with E-state index in [0.29, 0.717) is 34.4 Å². The molecule has 0 radical (unpaired) electrons. The third-order valence-electron chi connectivity index (χ3n) is 8.34. The Morgan fingerprint density at radius 1 is 1.31 bits per heavy atom. The third kappa shape index (κ3) is 4.81. The Bertz CT molecular complexity index is 1380. The van der Waals surface area contributed by atoms with Crippen LogP contribution in [0.3, 0.4) is 0 Å². The maximum atomic E-state index is 14.1. The summed E-state index contributed by atoms with van der Waals surface area (Å²) < 4.78 is 39.9. The maximum absolute atomic E-state index is 14.1. The molecule has 4 heterocycles. The topological polar surface area (TPSA) is 140 Å². The zero-order valence-electron chi connectivity index (χ0n) is 21.6. The Balaban J connectivity index is 1.31. The quantitative estimate of drug-likeness (QED) is 0.441. The molecule has 0 aromatic carbocycles. The summed E-state index contributed by atoms with van der Waals surface area (Å²) in [4.78, 5) is 31.4. The summed E-state index contributed by atoms with van der Waals surface area (Å²) in [5.41, 5.74) is 2.14. The van der Waals surface area contributed by atoms with Crippen LogP contribution in [0, 0.1) is 24.7 Å². The number of urea groups is 1. The number of hydrogen-bond donors (Lipinski definition) is 2. The van der Waals surface area contributed by atoms with Gasteiger partial charge in [0.25, 0.3) is 11.8 Å². The lowest BCUT2D eigenvalue weighted by molar-refractivity contribution is -0.0509. The summed E-state index contributed by atoms with van der Waals surface area (Å²) in [5, 5.41) is 17.3. The molecule has 208 valence electrons. The second kappa shape index (κ2) is 9.81. The summed E-state index contributed by atoms with van der Waals surface area (Å²) in [5.74, 6) is -1.94. The van der Waals surface area contributed by atoms with Crippen LogP contribution in [0.5, 0.6) is 0 Å². The lowest BCUT2D eigenvalue weighted by atomic mass is 9.77. The van der Waals surface area contributed by atoms with Crippen LogP contribution in [-0.4, -0.2) is 74.5 Å². The molecule has 0 spiro atoms. The molecule has 0 bridgehead atoms. The predicted octanol–water partition coefficient (Wildman–Crippen LogP) is 2.68. The number of methoxy groups -OCH3 is 1. The first-order valence-corrected chi connectivity index (χ1v) is 13.1. The fourth-order valence-electron chi connectivity index (χ4n) is 6.19. The second-order valence-electron chi connectivity index (χ2n) is 10.8. The molecule has 3 amide bonds. The van der Waals surface area contributed by atoms with Crippen molar-refractivity contribution in [2.45, 2.75) is 50.6 Å². The van der Waals surface area contributed by atoms with Gasteiger partial charge in [-0.3, -0.25) is 4.79 Å². The molecule has 5 atom stereocenters. The second-order valence-corrected chi connectivity index (χ2v) is 10.8. The normalized spacial score (nSPS) is 25.6. The molecular formula is C25H30F2N8O4. The number of halogens is 2. The smallest absolute Gasteiger partial charge is 0.318 e. The zero-order chi connectivity index (χ0) is 27.3. The number of aromatic nitrogens is 5. The number of imidazole rings is 1. The van der Waals surface area contributed by atoms with E-state index in [-0.39, 0.29) is 30.2 Å². The lowest BCUT2D eigenvalue weighted by Crippen LogP contribution is -2.58. The number of hydrogen-bond acceptors (Lipinski definition) is 8. The van der Waals surface area contributed by atoms with Gasteiger partial charge in [0.05, 0.1) is 49.9 Å². The average Bonchev–Trinajstić information content (AvgIpc) is 3.59. The number of carbonyl (C=O) groups is 2. The van der Waals surface area contributed by atoms with Gasteiger partial charge in [-0.2, -0.15) is 5.10 Å². The van der Waals surface area contributed by atoms with E-state index in [0.717, 1.165) is 17.7 Å². The van der Waals surface area contributed by atoms with E-state index in [1.54, 1.807) is 23.7 Å². The van der Waals surface area contributed by atoms with Crippen molar-refractivity contribution < 1.29 is 27.7 Å². The standard InChI is InChI=1S/C25H30F2N8O4/c1-13-21(33-39-32-13)23(36)31-22(16-5-14-3-4-15(14)6-16)18-9-35-20(30-18)7-17(8-29-35)19(10-38-2)34-12-25(26,27)11-28-24(34)37/h7-9,14-16,19,22H,3-6,10-12H2,1-2H3,(H,28,37)(H,31,36)/t14-,15+,16?,19-,22+/m1/s1. The van der Waals surface area contributed by atoms with Gasteiger partial charge in [0.1, 0.15) is 5.69 Å². The number of rotatable bonds is 8. The van der Waals surface area contributed by atoms with Gasteiger partial charge in [-0.25, -0.2) is 27.7 Å². The van der Waals surface area contributed by atoms with Crippen molar-refractivity contribution in [1.29, 1.82) is 0 Å². The third-order valence-corrected chi connectivity index (χ3v) is 8.34. The van der Waals surface area contributed by atoms with Gasteiger partial charge in [0.15, 0.2) is 11.3 Å². The number of alkyl halides is 2. The van der Waals surface area contributed by atoms with E-state index in [4.69, 9.17) is 14.3 Å². The van der Waals surface area contributed by atoms with E-state index in [9.17, 15) is 18.4 Å². The van der Waals surface area contributed by atoms with Crippen LogP contribution < -0.4 is 10.6 Å². The Kier molecular flexibility index (Phi) is 6.44. The molecular weight excluding hydrogens is 514 g/mol. The Labute approximate surface area is 222 Å². The molecule has 3 aromatic heterocycles. The van der Waals surface area contributed by atoms with Crippen LogP contribution in [0.2, 0.25) is 0 Å². The Hall–Kier alpha value is -3.68. The molecule has 1 saturated heterocycles. The van der Waals surface area contributed by atoms with Gasteiger partial charge < -0.3 is 20.3 Å². The number of carbonyl (C=O) groups excluding carboxylic acids is 2. The minimum atomic E-state index is -3.07. The van der Waals surface area contributed by atoms with Crippen molar-refractivity contribution in [3.05, 3.63) is 41.1 Å². The highest BCUT2D eigenvalue weighted by molar-refractivity contribution is 5.93. The number of ether oxygens (including phenoxy) is 1. The van der Waals surface area contributed by atoms with Gasteiger partial charge in [0.2, 0.25) is 0 Å². The van der Waals surface area contributed by atoms with E-state index < -0.39 is 31.1 Å². The molecule has 1 aliphatic heterocycles.